The van der Waals surface area contributed by atoms with Gasteiger partial charge in [-0.3, -0.25) is 9.10 Å². The number of nitrogens with zero attached hydrogens (tertiary/aromatic N) is 2. The van der Waals surface area contributed by atoms with Gasteiger partial charge in [-0.1, -0.05) is 53.4 Å². The zero-order valence-corrected chi connectivity index (χ0v) is 18.2. The third-order valence-electron chi connectivity index (χ3n) is 5.77. The number of anilines is 1. The highest BCUT2D eigenvalue weighted by molar-refractivity contribution is 9.10. The van der Waals surface area contributed by atoms with Gasteiger partial charge in [0.15, 0.2) is 0 Å². The lowest BCUT2D eigenvalue weighted by Crippen LogP contribution is -2.46. The van der Waals surface area contributed by atoms with Crippen LogP contribution in [0.1, 0.15) is 32.1 Å². The smallest absolute Gasteiger partial charge is 0.265 e. The molecule has 0 aromatic heterocycles. The van der Waals surface area contributed by atoms with Crippen molar-refractivity contribution in [3.63, 3.8) is 0 Å². The maximum absolute atomic E-state index is 13.3. The van der Waals surface area contributed by atoms with Gasteiger partial charge >= 0.3 is 0 Å². The third kappa shape index (κ3) is 3.35. The fraction of sp³-hybridized carbons (Fsp3) is 0.381. The van der Waals surface area contributed by atoms with E-state index in [2.05, 4.69) is 15.9 Å². The van der Waals surface area contributed by atoms with Crippen LogP contribution in [0.5, 0.6) is 0 Å². The molecule has 0 bridgehead atoms. The van der Waals surface area contributed by atoms with Gasteiger partial charge in [-0.15, -0.1) is 0 Å². The minimum Gasteiger partial charge on any atom is -0.341 e. The molecule has 1 amide bonds. The molecule has 1 aliphatic heterocycles. The number of hydrogen-bond acceptors (Lipinski definition) is 3. The molecule has 2 aromatic rings. The van der Waals surface area contributed by atoms with Crippen LogP contribution in [-0.4, -0.2) is 38.9 Å². The van der Waals surface area contributed by atoms with E-state index < -0.39 is 10.0 Å². The molecule has 1 aliphatic carbocycles. The predicted octanol–water partition coefficient (Wildman–Crippen LogP) is 4.42. The number of fused-ring (bicyclic) bond motifs is 3. The van der Waals surface area contributed by atoms with Gasteiger partial charge in [0, 0.05) is 28.7 Å². The van der Waals surface area contributed by atoms with Crippen molar-refractivity contribution in [1.82, 2.24) is 4.90 Å². The summed E-state index contributed by atoms with van der Waals surface area (Å²) in [7, 11) is -2.00. The molecule has 0 unspecified atom stereocenters. The van der Waals surface area contributed by atoms with E-state index in [9.17, 15) is 13.2 Å². The first-order chi connectivity index (χ1) is 13.4. The van der Waals surface area contributed by atoms with Crippen LogP contribution in [0.15, 0.2) is 51.8 Å². The summed E-state index contributed by atoms with van der Waals surface area (Å²) in [6.07, 6.45) is 5.42. The number of halogens is 1. The Morgan fingerprint density at radius 3 is 2.57 bits per heavy atom. The molecule has 2 aromatic carbocycles. The molecule has 4 rings (SSSR count). The average Bonchev–Trinajstić information content (AvgIpc) is 2.71. The first-order valence-corrected chi connectivity index (χ1v) is 11.8. The van der Waals surface area contributed by atoms with Gasteiger partial charge in [0.25, 0.3) is 10.0 Å². The van der Waals surface area contributed by atoms with E-state index in [1.807, 2.05) is 24.3 Å². The van der Waals surface area contributed by atoms with Gasteiger partial charge in [-0.05, 0) is 37.1 Å². The van der Waals surface area contributed by atoms with E-state index in [1.54, 1.807) is 30.1 Å². The first kappa shape index (κ1) is 19.5. The second kappa shape index (κ2) is 7.52. The van der Waals surface area contributed by atoms with Gasteiger partial charge in [0.05, 0.1) is 10.6 Å². The fourth-order valence-electron chi connectivity index (χ4n) is 4.18. The largest absolute Gasteiger partial charge is 0.341 e. The van der Waals surface area contributed by atoms with Crippen molar-refractivity contribution in [1.29, 1.82) is 0 Å². The van der Waals surface area contributed by atoms with Crippen molar-refractivity contribution in [3.05, 3.63) is 46.9 Å². The van der Waals surface area contributed by atoms with Gasteiger partial charge in [0.2, 0.25) is 5.91 Å². The van der Waals surface area contributed by atoms with Crippen LogP contribution in [0, 0.1) is 0 Å². The highest BCUT2D eigenvalue weighted by Crippen LogP contribution is 2.44. The van der Waals surface area contributed by atoms with Gasteiger partial charge in [0.1, 0.15) is 6.54 Å². The van der Waals surface area contributed by atoms with E-state index in [0.717, 1.165) is 35.7 Å². The van der Waals surface area contributed by atoms with Crippen molar-refractivity contribution in [2.45, 2.75) is 43.0 Å². The Kier molecular flexibility index (Phi) is 5.22. The number of sulfonamides is 1. The standard InChI is InChI=1S/C21H23BrN2O3S/c1-23(16-7-3-2-4-8-16)21(25)14-24-19-12-11-15(22)13-18(19)17-9-5-6-10-20(17)28(24,26)27/h5-6,9-13,16H,2-4,7-8,14H2,1H3. The zero-order chi connectivity index (χ0) is 19.9. The lowest BCUT2D eigenvalue weighted by Gasteiger charge is -2.35. The summed E-state index contributed by atoms with van der Waals surface area (Å²) in [6, 6.07) is 12.6. The summed E-state index contributed by atoms with van der Waals surface area (Å²) in [5, 5.41) is 0. The minimum atomic E-state index is -3.80. The molecule has 2 aliphatic rings. The van der Waals surface area contributed by atoms with Crippen molar-refractivity contribution in [2.24, 2.45) is 0 Å². The van der Waals surface area contributed by atoms with Crippen LogP contribution in [0.4, 0.5) is 5.69 Å². The maximum Gasteiger partial charge on any atom is 0.265 e. The quantitative estimate of drug-likeness (QED) is 0.678. The minimum absolute atomic E-state index is 0.163. The summed E-state index contributed by atoms with van der Waals surface area (Å²) in [5.41, 5.74) is 2.03. The highest BCUT2D eigenvalue weighted by Gasteiger charge is 2.37. The van der Waals surface area contributed by atoms with Crippen LogP contribution in [0.3, 0.4) is 0 Å². The third-order valence-corrected chi connectivity index (χ3v) is 8.08. The maximum atomic E-state index is 13.3. The summed E-state index contributed by atoms with van der Waals surface area (Å²) in [5.74, 6) is -0.163. The number of carbonyl (C=O) groups excluding carboxylic acids is 1. The van der Waals surface area contributed by atoms with Gasteiger partial charge in [-0.25, -0.2) is 8.42 Å². The Bertz CT molecular complexity index is 1020. The van der Waals surface area contributed by atoms with Crippen LogP contribution < -0.4 is 4.31 Å². The summed E-state index contributed by atoms with van der Waals surface area (Å²) in [6.45, 7) is -0.182. The van der Waals surface area contributed by atoms with Crippen LogP contribution in [0.2, 0.25) is 0 Å². The number of amides is 1. The summed E-state index contributed by atoms with van der Waals surface area (Å²) in [4.78, 5) is 15.0. The monoisotopic (exact) mass is 462 g/mol. The average molecular weight is 463 g/mol. The molecule has 1 fully saturated rings. The zero-order valence-electron chi connectivity index (χ0n) is 15.8. The summed E-state index contributed by atoms with van der Waals surface area (Å²) < 4.78 is 28.8. The number of likely N-dealkylation sites (N-methyl/N-ethyl adjacent to an activating group) is 1. The second-order valence-corrected chi connectivity index (χ2v) is 10.2. The van der Waals surface area contributed by atoms with Crippen LogP contribution >= 0.6 is 15.9 Å². The van der Waals surface area contributed by atoms with Crippen LogP contribution in [-0.2, 0) is 14.8 Å². The van der Waals surface area contributed by atoms with E-state index in [1.165, 1.54) is 10.7 Å². The predicted molar refractivity (Wildman–Crippen MR) is 114 cm³/mol. The Morgan fingerprint density at radius 2 is 1.82 bits per heavy atom. The molecule has 0 atom stereocenters. The Labute approximate surface area is 174 Å². The van der Waals surface area contributed by atoms with E-state index >= 15 is 0 Å². The summed E-state index contributed by atoms with van der Waals surface area (Å²) >= 11 is 3.47. The Morgan fingerprint density at radius 1 is 1.11 bits per heavy atom. The molecular weight excluding hydrogens is 440 g/mol. The van der Waals surface area contributed by atoms with Crippen molar-refractivity contribution < 1.29 is 13.2 Å². The molecule has 1 saturated carbocycles. The molecule has 0 N–H and O–H groups in total. The fourth-order valence-corrected chi connectivity index (χ4v) is 6.18. The molecule has 0 radical (unpaired) electrons. The van der Waals surface area contributed by atoms with Crippen molar-refractivity contribution >= 4 is 37.5 Å². The Balaban J connectivity index is 1.72. The highest BCUT2D eigenvalue weighted by atomic mass is 79.9. The van der Waals surface area contributed by atoms with Gasteiger partial charge in [-0.2, -0.15) is 0 Å². The molecule has 5 nitrogen and oxygen atoms in total. The molecule has 28 heavy (non-hydrogen) atoms. The molecule has 0 saturated heterocycles. The Hall–Kier alpha value is -1.86. The lowest BCUT2D eigenvalue weighted by molar-refractivity contribution is -0.130. The van der Waals surface area contributed by atoms with Gasteiger partial charge < -0.3 is 4.90 Å². The second-order valence-electron chi connectivity index (χ2n) is 7.47. The topological polar surface area (TPSA) is 57.7 Å². The van der Waals surface area contributed by atoms with Crippen molar-refractivity contribution in [3.8, 4) is 11.1 Å². The van der Waals surface area contributed by atoms with E-state index in [-0.39, 0.29) is 23.4 Å². The molecule has 0 spiro atoms. The van der Waals surface area contributed by atoms with E-state index in [4.69, 9.17) is 0 Å². The van der Waals surface area contributed by atoms with Crippen molar-refractivity contribution in [2.75, 3.05) is 17.9 Å². The number of hydrogen-bond donors (Lipinski definition) is 0. The lowest BCUT2D eigenvalue weighted by atomic mass is 9.94. The normalized spacial score (nSPS) is 18.3. The number of benzene rings is 2. The number of carbonyl (C=O) groups is 1. The molecule has 7 heteroatoms. The SMILES string of the molecule is CN(C(=O)CN1c2ccc(Br)cc2-c2ccccc2S1(=O)=O)C1CCCCC1. The molecule has 1 heterocycles. The first-order valence-electron chi connectivity index (χ1n) is 9.57. The molecule has 148 valence electrons. The van der Waals surface area contributed by atoms with Crippen LogP contribution in [0.25, 0.3) is 11.1 Å². The molecular formula is C21H23BrN2O3S. The number of rotatable bonds is 3. The van der Waals surface area contributed by atoms with E-state index in [0.29, 0.717) is 11.3 Å².